The van der Waals surface area contributed by atoms with Crippen LogP contribution in [0.2, 0.25) is 0 Å². The molecule has 0 amide bonds. The SMILES string of the molecule is CCOC(=O)C(C)N1C=CC=C/C1=C\C=C(C#N)C#N. The Morgan fingerprint density at radius 1 is 1.45 bits per heavy atom. The molecule has 0 saturated carbocycles. The summed E-state index contributed by atoms with van der Waals surface area (Å²) in [4.78, 5) is 13.5. The standard InChI is InChI=1S/C15H15N3O2/c1-3-20-15(19)12(2)18-9-5-4-6-14(18)8-7-13(10-16)11-17/h4-9,12H,3H2,1-2H3/b14-8+. The van der Waals surface area contributed by atoms with Gasteiger partial charge in [-0.2, -0.15) is 10.5 Å². The van der Waals surface area contributed by atoms with E-state index >= 15 is 0 Å². The van der Waals surface area contributed by atoms with Crippen LogP contribution in [0.25, 0.3) is 0 Å². The highest BCUT2D eigenvalue weighted by Gasteiger charge is 2.22. The molecule has 1 atom stereocenters. The lowest BCUT2D eigenvalue weighted by Crippen LogP contribution is -2.36. The smallest absolute Gasteiger partial charge is 0.328 e. The molecule has 1 heterocycles. The Morgan fingerprint density at radius 2 is 2.15 bits per heavy atom. The first-order valence-corrected chi connectivity index (χ1v) is 6.16. The molecule has 0 aromatic rings. The highest BCUT2D eigenvalue weighted by Crippen LogP contribution is 2.17. The average Bonchev–Trinajstić information content (AvgIpc) is 2.48. The summed E-state index contributed by atoms with van der Waals surface area (Å²) in [5.74, 6) is -0.330. The van der Waals surface area contributed by atoms with Crippen molar-refractivity contribution in [2.45, 2.75) is 19.9 Å². The van der Waals surface area contributed by atoms with Crippen LogP contribution in [0.4, 0.5) is 0 Å². The number of nitriles is 2. The van der Waals surface area contributed by atoms with Crippen molar-refractivity contribution in [1.29, 1.82) is 10.5 Å². The largest absolute Gasteiger partial charge is 0.464 e. The van der Waals surface area contributed by atoms with Crippen LogP contribution in [0, 0.1) is 22.7 Å². The second-order valence-corrected chi connectivity index (χ2v) is 3.93. The molecule has 0 saturated heterocycles. The maximum Gasteiger partial charge on any atom is 0.328 e. The van der Waals surface area contributed by atoms with Gasteiger partial charge in [0, 0.05) is 11.9 Å². The first kappa shape index (κ1) is 15.3. The fourth-order valence-electron chi connectivity index (χ4n) is 1.61. The van der Waals surface area contributed by atoms with Crippen molar-refractivity contribution in [1.82, 2.24) is 4.90 Å². The molecule has 0 bridgehead atoms. The van der Waals surface area contributed by atoms with Crippen LogP contribution in [0.1, 0.15) is 13.8 Å². The summed E-state index contributed by atoms with van der Waals surface area (Å²) in [7, 11) is 0. The summed E-state index contributed by atoms with van der Waals surface area (Å²) in [6.45, 7) is 3.80. The van der Waals surface area contributed by atoms with Gasteiger partial charge in [0.25, 0.3) is 0 Å². The zero-order chi connectivity index (χ0) is 15.0. The van der Waals surface area contributed by atoms with Gasteiger partial charge in [-0.3, -0.25) is 0 Å². The summed E-state index contributed by atoms with van der Waals surface area (Å²) in [6.07, 6.45) is 10.2. The Balaban J connectivity index is 2.98. The Labute approximate surface area is 118 Å². The van der Waals surface area contributed by atoms with E-state index in [-0.39, 0.29) is 11.5 Å². The van der Waals surface area contributed by atoms with E-state index in [0.717, 1.165) is 0 Å². The lowest BCUT2D eigenvalue weighted by atomic mass is 10.1. The fourth-order valence-corrected chi connectivity index (χ4v) is 1.61. The van der Waals surface area contributed by atoms with Crippen molar-refractivity contribution >= 4 is 5.97 Å². The molecule has 1 rings (SSSR count). The number of carbonyl (C=O) groups excluding carboxylic acids is 1. The minimum Gasteiger partial charge on any atom is -0.464 e. The molecular weight excluding hydrogens is 254 g/mol. The molecule has 102 valence electrons. The van der Waals surface area contributed by atoms with E-state index < -0.39 is 6.04 Å². The minimum absolute atomic E-state index is 0.00388. The van der Waals surface area contributed by atoms with Crippen molar-refractivity contribution in [3.8, 4) is 12.1 Å². The predicted octanol–water partition coefficient (Wildman–Crippen LogP) is 2.18. The Kier molecular flexibility index (Phi) is 5.80. The molecule has 20 heavy (non-hydrogen) atoms. The van der Waals surface area contributed by atoms with Gasteiger partial charge in [0.15, 0.2) is 0 Å². The number of allylic oxidation sites excluding steroid dienone is 6. The molecule has 0 spiro atoms. The highest BCUT2D eigenvalue weighted by molar-refractivity contribution is 5.76. The van der Waals surface area contributed by atoms with Crippen molar-refractivity contribution in [3.05, 3.63) is 47.9 Å². The van der Waals surface area contributed by atoms with Gasteiger partial charge in [-0.1, -0.05) is 6.08 Å². The third-order valence-corrected chi connectivity index (χ3v) is 2.63. The van der Waals surface area contributed by atoms with E-state index in [1.54, 1.807) is 55.3 Å². The first-order chi connectivity index (χ1) is 9.63. The Morgan fingerprint density at radius 3 is 2.75 bits per heavy atom. The number of nitrogens with zero attached hydrogens (tertiary/aromatic N) is 3. The Hall–Kier alpha value is -2.79. The topological polar surface area (TPSA) is 77.1 Å². The molecule has 5 heteroatoms. The van der Waals surface area contributed by atoms with Crippen LogP contribution in [-0.2, 0) is 9.53 Å². The van der Waals surface area contributed by atoms with Crippen LogP contribution in [-0.4, -0.2) is 23.5 Å². The Bertz CT molecular complexity index is 555. The monoisotopic (exact) mass is 269 g/mol. The number of carbonyl (C=O) groups is 1. The molecule has 5 nitrogen and oxygen atoms in total. The molecule has 0 aromatic heterocycles. The van der Waals surface area contributed by atoms with E-state index in [1.807, 2.05) is 6.08 Å². The quantitative estimate of drug-likeness (QED) is 0.577. The molecule has 0 aliphatic carbocycles. The van der Waals surface area contributed by atoms with E-state index in [1.165, 1.54) is 6.08 Å². The maximum atomic E-state index is 11.8. The summed E-state index contributed by atoms with van der Waals surface area (Å²) >= 11 is 0. The van der Waals surface area contributed by atoms with E-state index in [0.29, 0.717) is 12.3 Å². The van der Waals surface area contributed by atoms with E-state index in [2.05, 4.69) is 0 Å². The molecule has 0 fully saturated rings. The third-order valence-electron chi connectivity index (χ3n) is 2.63. The van der Waals surface area contributed by atoms with Gasteiger partial charge in [-0.25, -0.2) is 4.79 Å². The van der Waals surface area contributed by atoms with Gasteiger partial charge < -0.3 is 9.64 Å². The van der Waals surface area contributed by atoms with Gasteiger partial charge in [0.05, 0.1) is 6.61 Å². The number of esters is 1. The lowest BCUT2D eigenvalue weighted by Gasteiger charge is -2.28. The second-order valence-electron chi connectivity index (χ2n) is 3.93. The molecule has 1 aliphatic heterocycles. The van der Waals surface area contributed by atoms with Gasteiger partial charge in [-0.05, 0) is 38.2 Å². The zero-order valence-electron chi connectivity index (χ0n) is 11.4. The van der Waals surface area contributed by atoms with E-state index in [4.69, 9.17) is 15.3 Å². The summed E-state index contributed by atoms with van der Waals surface area (Å²) < 4.78 is 4.99. The number of rotatable bonds is 4. The number of hydrogen-bond donors (Lipinski definition) is 0. The number of hydrogen-bond acceptors (Lipinski definition) is 5. The highest BCUT2D eigenvalue weighted by atomic mass is 16.5. The molecule has 0 aromatic carbocycles. The molecule has 0 N–H and O–H groups in total. The van der Waals surface area contributed by atoms with Crippen molar-refractivity contribution < 1.29 is 9.53 Å². The molecule has 1 unspecified atom stereocenters. The molecular formula is C15H15N3O2. The lowest BCUT2D eigenvalue weighted by molar-refractivity contribution is -0.147. The third kappa shape index (κ3) is 3.86. The van der Waals surface area contributed by atoms with Crippen LogP contribution < -0.4 is 0 Å². The van der Waals surface area contributed by atoms with Crippen molar-refractivity contribution in [2.75, 3.05) is 6.61 Å². The minimum atomic E-state index is -0.483. The molecule has 0 radical (unpaired) electrons. The summed E-state index contributed by atoms with van der Waals surface area (Å²) in [5, 5.41) is 17.4. The van der Waals surface area contributed by atoms with Crippen LogP contribution in [0.3, 0.4) is 0 Å². The molecule has 1 aliphatic rings. The van der Waals surface area contributed by atoms with Gasteiger partial charge in [0.2, 0.25) is 0 Å². The van der Waals surface area contributed by atoms with Gasteiger partial charge in [0.1, 0.15) is 23.8 Å². The van der Waals surface area contributed by atoms with Crippen molar-refractivity contribution in [2.24, 2.45) is 0 Å². The summed E-state index contributed by atoms with van der Waals surface area (Å²) in [5.41, 5.74) is 0.709. The second kappa shape index (κ2) is 7.60. The summed E-state index contributed by atoms with van der Waals surface area (Å²) in [6, 6.07) is 3.08. The number of ether oxygens (including phenoxy) is 1. The zero-order valence-corrected chi connectivity index (χ0v) is 11.4. The fraction of sp³-hybridized carbons (Fsp3) is 0.267. The predicted molar refractivity (Wildman–Crippen MR) is 73.6 cm³/mol. The normalized spacial score (nSPS) is 16.2. The van der Waals surface area contributed by atoms with Gasteiger partial charge in [-0.15, -0.1) is 0 Å². The first-order valence-electron chi connectivity index (χ1n) is 6.16. The maximum absolute atomic E-state index is 11.8. The average molecular weight is 269 g/mol. The van der Waals surface area contributed by atoms with Crippen LogP contribution in [0.15, 0.2) is 47.9 Å². The van der Waals surface area contributed by atoms with Crippen LogP contribution >= 0.6 is 0 Å². The van der Waals surface area contributed by atoms with Crippen molar-refractivity contribution in [3.63, 3.8) is 0 Å². The van der Waals surface area contributed by atoms with Crippen LogP contribution in [0.5, 0.6) is 0 Å². The van der Waals surface area contributed by atoms with Gasteiger partial charge >= 0.3 is 5.97 Å². The van der Waals surface area contributed by atoms with E-state index in [9.17, 15) is 4.79 Å².